The van der Waals surface area contributed by atoms with Crippen LogP contribution in [0.5, 0.6) is 0 Å². The molecular weight excluding hydrogens is 372 g/mol. The Morgan fingerprint density at radius 3 is 2.46 bits per heavy atom. The molecule has 5 heteroatoms. The smallest absolute Gasteiger partial charge is 0.233 e. The molecule has 1 aromatic heterocycles. The number of fused-ring (bicyclic) bond motifs is 1. The van der Waals surface area contributed by atoms with Crippen LogP contribution in [0, 0.1) is 0 Å². The number of halogens is 1. The van der Waals surface area contributed by atoms with E-state index in [2.05, 4.69) is 10.1 Å². The van der Waals surface area contributed by atoms with Crippen molar-refractivity contribution in [1.29, 1.82) is 0 Å². The number of hydrogen-bond acceptors (Lipinski definition) is 3. The fourth-order valence-electron chi connectivity index (χ4n) is 5.31. The maximum Gasteiger partial charge on any atom is 0.233 e. The minimum atomic E-state index is -0.331. The first-order chi connectivity index (χ1) is 13.7. The van der Waals surface area contributed by atoms with Crippen molar-refractivity contribution >= 4 is 17.5 Å². The second kappa shape index (κ2) is 7.22. The van der Waals surface area contributed by atoms with Gasteiger partial charge in [0.05, 0.1) is 11.1 Å². The van der Waals surface area contributed by atoms with Crippen LogP contribution in [0.15, 0.2) is 28.8 Å². The van der Waals surface area contributed by atoms with E-state index in [1.807, 2.05) is 24.3 Å². The molecule has 0 N–H and O–H groups in total. The maximum atomic E-state index is 13.5. The van der Waals surface area contributed by atoms with Crippen molar-refractivity contribution < 1.29 is 9.32 Å². The predicted octanol–water partition coefficient (Wildman–Crippen LogP) is 5.03. The molecule has 0 spiro atoms. The van der Waals surface area contributed by atoms with Gasteiger partial charge in [0.1, 0.15) is 5.76 Å². The molecule has 2 aliphatic carbocycles. The molecule has 3 aliphatic rings. The number of amides is 1. The van der Waals surface area contributed by atoms with Crippen LogP contribution in [0.2, 0.25) is 5.02 Å². The third-order valence-electron chi connectivity index (χ3n) is 7.16. The van der Waals surface area contributed by atoms with Crippen molar-refractivity contribution in [2.75, 3.05) is 13.1 Å². The Kier molecular flexibility index (Phi) is 4.70. The molecule has 0 atom stereocenters. The van der Waals surface area contributed by atoms with Gasteiger partial charge in [-0.25, -0.2) is 0 Å². The fraction of sp³-hybridized carbons (Fsp3) is 0.565. The Hall–Kier alpha value is -1.81. The summed E-state index contributed by atoms with van der Waals surface area (Å²) in [5.74, 6) is 1.82. The number of carbonyl (C=O) groups is 1. The number of benzene rings is 1. The lowest BCUT2D eigenvalue weighted by molar-refractivity contribution is -0.142. The molecule has 148 valence electrons. The monoisotopic (exact) mass is 398 g/mol. The minimum Gasteiger partial charge on any atom is -0.361 e. The van der Waals surface area contributed by atoms with E-state index >= 15 is 0 Å². The number of aromatic nitrogens is 1. The first kappa shape index (κ1) is 18.2. The summed E-state index contributed by atoms with van der Waals surface area (Å²) in [5.41, 5.74) is 3.34. The van der Waals surface area contributed by atoms with Crippen molar-refractivity contribution in [3.05, 3.63) is 51.9 Å². The van der Waals surface area contributed by atoms with Crippen LogP contribution < -0.4 is 0 Å². The topological polar surface area (TPSA) is 46.3 Å². The zero-order valence-electron chi connectivity index (χ0n) is 16.3. The van der Waals surface area contributed by atoms with Crippen molar-refractivity contribution in [2.45, 2.75) is 69.1 Å². The molecule has 1 aliphatic heterocycles. The number of carbonyl (C=O) groups excluding carboxylic acids is 1. The van der Waals surface area contributed by atoms with Gasteiger partial charge in [0.2, 0.25) is 5.91 Å². The van der Waals surface area contributed by atoms with Crippen LogP contribution in [0.3, 0.4) is 0 Å². The highest BCUT2D eigenvalue weighted by molar-refractivity contribution is 6.30. The Bertz CT molecular complexity index is 861. The summed E-state index contributed by atoms with van der Waals surface area (Å²) in [4.78, 5) is 15.6. The first-order valence-electron chi connectivity index (χ1n) is 10.7. The number of piperidine rings is 1. The summed E-state index contributed by atoms with van der Waals surface area (Å²) in [6.07, 6.45) is 9.59. The van der Waals surface area contributed by atoms with E-state index in [9.17, 15) is 4.79 Å². The average molecular weight is 399 g/mol. The molecule has 1 saturated carbocycles. The Labute approximate surface area is 171 Å². The number of aryl methyl sites for hydroxylation is 1. The van der Waals surface area contributed by atoms with E-state index in [4.69, 9.17) is 16.1 Å². The van der Waals surface area contributed by atoms with Crippen LogP contribution in [0.1, 0.15) is 73.4 Å². The SMILES string of the molecule is O=C(N1CCC(c2onc3c2CCCC3)CC1)C1(c2ccc(Cl)cc2)CCC1. The fourth-order valence-corrected chi connectivity index (χ4v) is 5.43. The maximum absolute atomic E-state index is 13.5. The molecule has 28 heavy (non-hydrogen) atoms. The van der Waals surface area contributed by atoms with Crippen molar-refractivity contribution in [3.63, 3.8) is 0 Å². The van der Waals surface area contributed by atoms with E-state index in [1.54, 1.807) is 0 Å². The molecule has 1 amide bonds. The highest BCUT2D eigenvalue weighted by Gasteiger charge is 2.48. The van der Waals surface area contributed by atoms with Crippen molar-refractivity contribution in [1.82, 2.24) is 10.1 Å². The van der Waals surface area contributed by atoms with Gasteiger partial charge in [0, 0.05) is 29.6 Å². The number of likely N-dealkylation sites (tertiary alicyclic amines) is 1. The summed E-state index contributed by atoms with van der Waals surface area (Å²) >= 11 is 6.06. The standard InChI is InChI=1S/C23H27ClN2O2/c24-18-8-6-17(7-9-18)23(12-3-13-23)22(27)26-14-10-16(11-15-26)21-19-4-1-2-5-20(19)25-28-21/h6-9,16H,1-5,10-15H2. The molecule has 0 unspecified atom stereocenters. The molecule has 0 radical (unpaired) electrons. The molecule has 2 aromatic rings. The normalized spacial score (nSPS) is 21.8. The summed E-state index contributed by atoms with van der Waals surface area (Å²) in [6.45, 7) is 1.63. The van der Waals surface area contributed by atoms with Crippen molar-refractivity contribution in [2.24, 2.45) is 0 Å². The Morgan fingerprint density at radius 2 is 1.79 bits per heavy atom. The number of rotatable bonds is 3. The predicted molar refractivity (Wildman–Crippen MR) is 109 cm³/mol. The van der Waals surface area contributed by atoms with E-state index in [-0.39, 0.29) is 5.41 Å². The first-order valence-corrected chi connectivity index (χ1v) is 11.1. The molecular formula is C23H27ClN2O2. The molecule has 0 bridgehead atoms. The molecule has 5 rings (SSSR count). The van der Waals surface area contributed by atoms with Gasteiger partial charge in [-0.2, -0.15) is 0 Å². The third-order valence-corrected chi connectivity index (χ3v) is 7.41. The second-order valence-electron chi connectivity index (χ2n) is 8.69. The number of nitrogens with zero attached hydrogens (tertiary/aromatic N) is 2. The summed E-state index contributed by atoms with van der Waals surface area (Å²) in [7, 11) is 0. The lowest BCUT2D eigenvalue weighted by Crippen LogP contribution is -2.52. The van der Waals surface area contributed by atoms with Gasteiger partial charge in [0.25, 0.3) is 0 Å². The van der Waals surface area contributed by atoms with Gasteiger partial charge in [-0.3, -0.25) is 4.79 Å². The molecule has 4 nitrogen and oxygen atoms in total. The average Bonchev–Trinajstić information content (AvgIpc) is 3.13. The molecule has 2 heterocycles. The van der Waals surface area contributed by atoms with Gasteiger partial charge in [0.15, 0.2) is 0 Å². The molecule has 1 aromatic carbocycles. The van der Waals surface area contributed by atoms with E-state index < -0.39 is 0 Å². The minimum absolute atomic E-state index is 0.305. The largest absolute Gasteiger partial charge is 0.361 e. The quantitative estimate of drug-likeness (QED) is 0.728. The zero-order valence-corrected chi connectivity index (χ0v) is 17.0. The highest BCUT2D eigenvalue weighted by Crippen LogP contribution is 2.46. The van der Waals surface area contributed by atoms with Crippen LogP contribution >= 0.6 is 11.6 Å². The zero-order chi connectivity index (χ0) is 19.1. The van der Waals surface area contributed by atoms with Gasteiger partial charge in [-0.05, 0) is 69.1 Å². The van der Waals surface area contributed by atoms with Crippen LogP contribution in [-0.4, -0.2) is 29.1 Å². The second-order valence-corrected chi connectivity index (χ2v) is 9.12. The lowest BCUT2D eigenvalue weighted by atomic mass is 9.63. The van der Waals surface area contributed by atoms with E-state index in [0.29, 0.717) is 11.8 Å². The van der Waals surface area contributed by atoms with Gasteiger partial charge >= 0.3 is 0 Å². The van der Waals surface area contributed by atoms with E-state index in [0.717, 1.165) is 74.4 Å². The van der Waals surface area contributed by atoms with Gasteiger partial charge < -0.3 is 9.42 Å². The van der Waals surface area contributed by atoms with Gasteiger partial charge in [-0.15, -0.1) is 0 Å². The third kappa shape index (κ3) is 2.97. The van der Waals surface area contributed by atoms with Crippen molar-refractivity contribution in [3.8, 4) is 0 Å². The van der Waals surface area contributed by atoms with Crippen LogP contribution in [0.25, 0.3) is 0 Å². The van der Waals surface area contributed by atoms with E-state index in [1.165, 1.54) is 24.1 Å². The Balaban J connectivity index is 1.29. The van der Waals surface area contributed by atoms with Crippen LogP contribution in [-0.2, 0) is 23.1 Å². The highest BCUT2D eigenvalue weighted by atomic mass is 35.5. The van der Waals surface area contributed by atoms with Gasteiger partial charge in [-0.1, -0.05) is 35.3 Å². The summed E-state index contributed by atoms with van der Waals surface area (Å²) in [6, 6.07) is 7.88. The molecule has 2 fully saturated rings. The summed E-state index contributed by atoms with van der Waals surface area (Å²) < 4.78 is 5.77. The summed E-state index contributed by atoms with van der Waals surface area (Å²) in [5, 5.41) is 5.05. The Morgan fingerprint density at radius 1 is 1.07 bits per heavy atom. The molecule has 1 saturated heterocycles. The number of hydrogen-bond donors (Lipinski definition) is 0. The van der Waals surface area contributed by atoms with Crippen LogP contribution in [0.4, 0.5) is 0 Å². The lowest BCUT2D eigenvalue weighted by Gasteiger charge is -2.45.